The summed E-state index contributed by atoms with van der Waals surface area (Å²) in [7, 11) is 1.28. The van der Waals surface area contributed by atoms with E-state index in [1.165, 1.54) is 16.9 Å². The standard InChI is InChI=1S/C16H28N2O5/c1-10(2)13(19)18-11(3)8-17(9-12(18)14(20)22-7)15(21)23-16(4,5)6/h10-12H,8-9H2,1-7H3. The summed E-state index contributed by atoms with van der Waals surface area (Å²) in [4.78, 5) is 39.8. The summed E-state index contributed by atoms with van der Waals surface area (Å²) in [6.07, 6.45) is -0.491. The molecule has 1 fully saturated rings. The third-order valence-corrected chi connectivity index (χ3v) is 3.56. The number of hydrogen-bond donors (Lipinski definition) is 0. The van der Waals surface area contributed by atoms with Crippen LogP contribution in [0.3, 0.4) is 0 Å². The van der Waals surface area contributed by atoms with Crippen molar-refractivity contribution in [2.75, 3.05) is 20.2 Å². The second-order valence-electron chi connectivity index (χ2n) is 7.17. The third kappa shape index (κ3) is 4.84. The molecule has 23 heavy (non-hydrogen) atoms. The molecule has 0 saturated carbocycles. The number of nitrogens with zero attached hydrogens (tertiary/aromatic N) is 2. The molecule has 2 unspecified atom stereocenters. The highest BCUT2D eigenvalue weighted by molar-refractivity contribution is 5.87. The summed E-state index contributed by atoms with van der Waals surface area (Å²) in [5.74, 6) is -0.895. The van der Waals surface area contributed by atoms with Crippen LogP contribution >= 0.6 is 0 Å². The van der Waals surface area contributed by atoms with Crippen molar-refractivity contribution in [3.8, 4) is 0 Å². The lowest BCUT2D eigenvalue weighted by atomic mass is 10.0. The van der Waals surface area contributed by atoms with Gasteiger partial charge in [0.1, 0.15) is 11.6 Å². The molecule has 7 nitrogen and oxygen atoms in total. The Labute approximate surface area is 137 Å². The van der Waals surface area contributed by atoms with Gasteiger partial charge in [-0.05, 0) is 27.7 Å². The fourth-order valence-corrected chi connectivity index (χ4v) is 2.55. The predicted molar refractivity (Wildman–Crippen MR) is 84.8 cm³/mol. The number of amides is 2. The van der Waals surface area contributed by atoms with Crippen molar-refractivity contribution >= 4 is 18.0 Å². The minimum atomic E-state index is -0.814. The van der Waals surface area contributed by atoms with E-state index in [9.17, 15) is 14.4 Å². The molecule has 0 N–H and O–H groups in total. The minimum absolute atomic E-state index is 0.0738. The van der Waals surface area contributed by atoms with Gasteiger partial charge < -0.3 is 19.3 Å². The Morgan fingerprint density at radius 3 is 2.13 bits per heavy atom. The van der Waals surface area contributed by atoms with Gasteiger partial charge in [0.05, 0.1) is 13.7 Å². The number of piperazine rings is 1. The van der Waals surface area contributed by atoms with Gasteiger partial charge in [0.2, 0.25) is 5.91 Å². The maximum atomic E-state index is 12.4. The molecule has 0 spiro atoms. The molecule has 1 aliphatic rings. The number of rotatable bonds is 2. The number of carbonyl (C=O) groups excluding carboxylic acids is 3. The molecule has 2 atom stereocenters. The van der Waals surface area contributed by atoms with Gasteiger partial charge in [0.15, 0.2) is 0 Å². The summed E-state index contributed by atoms with van der Waals surface area (Å²) in [5, 5.41) is 0. The molecule has 2 amide bonds. The average Bonchev–Trinajstić information content (AvgIpc) is 2.42. The maximum Gasteiger partial charge on any atom is 0.410 e. The number of methoxy groups -OCH3 is 1. The summed E-state index contributed by atoms with van der Waals surface area (Å²) in [6, 6.07) is -1.11. The van der Waals surface area contributed by atoms with E-state index in [0.717, 1.165) is 0 Å². The topological polar surface area (TPSA) is 76.2 Å². The molecule has 1 saturated heterocycles. The second kappa shape index (κ2) is 7.19. The molecule has 1 aliphatic heterocycles. The highest BCUT2D eigenvalue weighted by Gasteiger charge is 2.42. The first-order valence-corrected chi connectivity index (χ1v) is 7.85. The smallest absolute Gasteiger partial charge is 0.410 e. The van der Waals surface area contributed by atoms with Crippen molar-refractivity contribution in [3.05, 3.63) is 0 Å². The summed E-state index contributed by atoms with van der Waals surface area (Å²) in [5.41, 5.74) is -0.619. The Hall–Kier alpha value is -1.79. The first kappa shape index (κ1) is 19.3. The van der Waals surface area contributed by atoms with Crippen molar-refractivity contribution in [2.24, 2.45) is 5.92 Å². The summed E-state index contributed by atoms with van der Waals surface area (Å²) >= 11 is 0. The van der Waals surface area contributed by atoms with E-state index in [1.54, 1.807) is 34.6 Å². The minimum Gasteiger partial charge on any atom is -0.467 e. The molecule has 132 valence electrons. The van der Waals surface area contributed by atoms with E-state index in [1.807, 2.05) is 6.92 Å². The van der Waals surface area contributed by atoms with Crippen molar-refractivity contribution in [1.29, 1.82) is 0 Å². The molecule has 0 bridgehead atoms. The molecule has 1 heterocycles. The molecule has 0 aliphatic carbocycles. The zero-order valence-electron chi connectivity index (χ0n) is 15.1. The van der Waals surface area contributed by atoms with Gasteiger partial charge >= 0.3 is 12.1 Å². The Balaban J connectivity index is 3.00. The van der Waals surface area contributed by atoms with E-state index in [2.05, 4.69) is 0 Å². The fraction of sp³-hybridized carbons (Fsp3) is 0.812. The number of carbonyl (C=O) groups is 3. The quantitative estimate of drug-likeness (QED) is 0.721. The fourth-order valence-electron chi connectivity index (χ4n) is 2.55. The van der Waals surface area contributed by atoms with Crippen LogP contribution in [0.5, 0.6) is 0 Å². The van der Waals surface area contributed by atoms with Gasteiger partial charge in [0, 0.05) is 18.5 Å². The Morgan fingerprint density at radius 2 is 1.70 bits per heavy atom. The first-order chi connectivity index (χ1) is 10.5. The Bertz CT molecular complexity index is 470. The van der Waals surface area contributed by atoms with Crippen LogP contribution in [0.15, 0.2) is 0 Å². The monoisotopic (exact) mass is 328 g/mol. The van der Waals surface area contributed by atoms with Crippen LogP contribution in [0, 0.1) is 5.92 Å². The lowest BCUT2D eigenvalue weighted by Crippen LogP contribution is -2.64. The van der Waals surface area contributed by atoms with Crippen LogP contribution in [-0.2, 0) is 19.1 Å². The summed E-state index contributed by atoms with van der Waals surface area (Å²) < 4.78 is 10.2. The van der Waals surface area contributed by atoms with Crippen LogP contribution in [0.1, 0.15) is 41.5 Å². The molecular weight excluding hydrogens is 300 g/mol. The molecule has 7 heteroatoms. The third-order valence-electron chi connectivity index (χ3n) is 3.56. The molecular formula is C16H28N2O5. The predicted octanol–water partition coefficient (Wildman–Crippen LogP) is 1.65. The van der Waals surface area contributed by atoms with Crippen LogP contribution in [0.25, 0.3) is 0 Å². The molecule has 1 rings (SSSR count). The molecule has 0 radical (unpaired) electrons. The molecule has 0 aromatic heterocycles. The SMILES string of the molecule is COC(=O)C1CN(C(=O)OC(C)(C)C)CC(C)N1C(=O)C(C)C. The molecule has 0 aromatic carbocycles. The van der Waals surface area contributed by atoms with E-state index in [4.69, 9.17) is 9.47 Å². The van der Waals surface area contributed by atoms with Gasteiger partial charge in [-0.15, -0.1) is 0 Å². The summed E-state index contributed by atoms with van der Waals surface area (Å²) in [6.45, 7) is 11.1. The highest BCUT2D eigenvalue weighted by Crippen LogP contribution is 2.22. The van der Waals surface area contributed by atoms with E-state index in [0.29, 0.717) is 6.54 Å². The highest BCUT2D eigenvalue weighted by atomic mass is 16.6. The number of hydrogen-bond acceptors (Lipinski definition) is 5. The van der Waals surface area contributed by atoms with Crippen molar-refractivity contribution in [2.45, 2.75) is 59.2 Å². The van der Waals surface area contributed by atoms with Gasteiger partial charge in [-0.2, -0.15) is 0 Å². The van der Waals surface area contributed by atoms with Crippen molar-refractivity contribution < 1.29 is 23.9 Å². The van der Waals surface area contributed by atoms with Crippen LogP contribution < -0.4 is 0 Å². The number of esters is 1. The van der Waals surface area contributed by atoms with Gasteiger partial charge in [0.25, 0.3) is 0 Å². The normalized spacial score (nSPS) is 22.1. The van der Waals surface area contributed by atoms with Crippen LogP contribution in [0.2, 0.25) is 0 Å². The average molecular weight is 328 g/mol. The lowest BCUT2D eigenvalue weighted by Gasteiger charge is -2.44. The lowest BCUT2D eigenvalue weighted by molar-refractivity contribution is -0.160. The van der Waals surface area contributed by atoms with E-state index < -0.39 is 23.7 Å². The van der Waals surface area contributed by atoms with Crippen molar-refractivity contribution in [3.63, 3.8) is 0 Å². The zero-order valence-corrected chi connectivity index (χ0v) is 15.1. The van der Waals surface area contributed by atoms with Gasteiger partial charge in [-0.3, -0.25) is 4.79 Å². The van der Waals surface area contributed by atoms with Crippen LogP contribution in [0.4, 0.5) is 4.79 Å². The van der Waals surface area contributed by atoms with E-state index >= 15 is 0 Å². The van der Waals surface area contributed by atoms with Crippen LogP contribution in [-0.4, -0.2) is 65.7 Å². The Morgan fingerprint density at radius 1 is 1.13 bits per heavy atom. The van der Waals surface area contributed by atoms with Crippen molar-refractivity contribution in [1.82, 2.24) is 9.80 Å². The number of ether oxygens (including phenoxy) is 2. The van der Waals surface area contributed by atoms with Gasteiger partial charge in [-0.1, -0.05) is 13.8 Å². The maximum absolute atomic E-state index is 12.4. The second-order valence-corrected chi connectivity index (χ2v) is 7.17. The first-order valence-electron chi connectivity index (χ1n) is 7.85. The van der Waals surface area contributed by atoms with Gasteiger partial charge in [-0.25, -0.2) is 9.59 Å². The Kier molecular flexibility index (Phi) is 6.02. The molecule has 0 aromatic rings. The largest absolute Gasteiger partial charge is 0.467 e. The zero-order chi connectivity index (χ0) is 17.9. The van der Waals surface area contributed by atoms with E-state index in [-0.39, 0.29) is 24.4 Å².